The standard InChI is InChI=1S/C63H102N6O6/c1-7-13-19-25-37-70-55-34-31-49(43-58(55)73-40-28-22-16-10-4)67-46-52-61(64)53(47-68-50-32-35-56(71-38-26-20-14-8-2)59(44-50)74-41-29-23-17-11-5)63(66)54(62(52)65)48-69-51-33-36-57(72-39-27-21-15-9-3)60(45-51)75-42-30-24-18-12-6/h31-36,43-48,61-63,67-69H,7-30,37-42,64-66H2,1-6H3. The topological polar surface area (TPSA) is 170 Å². The highest BCUT2D eigenvalue weighted by atomic mass is 16.5. The summed E-state index contributed by atoms with van der Waals surface area (Å²) in [5, 5.41) is 10.6. The van der Waals surface area contributed by atoms with E-state index in [-0.39, 0.29) is 0 Å². The van der Waals surface area contributed by atoms with Gasteiger partial charge < -0.3 is 61.6 Å². The number of benzene rings is 3. The van der Waals surface area contributed by atoms with Crippen molar-refractivity contribution in [3.63, 3.8) is 0 Å². The first-order valence-electron chi connectivity index (χ1n) is 29.6. The van der Waals surface area contributed by atoms with Crippen LogP contribution in [0.25, 0.3) is 0 Å². The summed E-state index contributed by atoms with van der Waals surface area (Å²) in [6, 6.07) is 16.2. The van der Waals surface area contributed by atoms with E-state index >= 15 is 0 Å². The van der Waals surface area contributed by atoms with Gasteiger partial charge in [-0.05, 0) is 91.6 Å². The Morgan fingerprint density at radius 3 is 0.733 bits per heavy atom. The Morgan fingerprint density at radius 2 is 0.520 bits per heavy atom. The van der Waals surface area contributed by atoms with E-state index in [1.165, 1.54) is 77.0 Å². The number of nitrogens with one attached hydrogen (secondary N) is 3. The lowest BCUT2D eigenvalue weighted by Crippen LogP contribution is -2.52. The van der Waals surface area contributed by atoms with Crippen LogP contribution in [0.5, 0.6) is 34.5 Å². The molecule has 0 heterocycles. The maximum atomic E-state index is 7.24. The molecule has 9 N–H and O–H groups in total. The smallest absolute Gasteiger partial charge is 0.163 e. The summed E-state index contributed by atoms with van der Waals surface area (Å²) in [5.41, 5.74) is 26.5. The molecule has 0 radical (unpaired) electrons. The maximum absolute atomic E-state index is 7.24. The molecule has 0 spiro atoms. The predicted octanol–water partition coefficient (Wildman–Crippen LogP) is 15.7. The molecular weight excluding hydrogens is 937 g/mol. The minimum Gasteiger partial charge on any atom is -0.490 e. The second-order valence-electron chi connectivity index (χ2n) is 20.2. The SMILES string of the molecule is CCCCCCOc1ccc(NC=C2C(N)C(=CNc3ccc(OCCCCCC)c(OCCCCCC)c3)C(N)C(=CNc3ccc(OCCCCCC)c(OCCCCCC)c3)C2N)cc1OCCCCCC. The first kappa shape index (κ1) is 62.5. The van der Waals surface area contributed by atoms with Crippen LogP contribution in [-0.2, 0) is 0 Å². The Hall–Kier alpha value is -5.04. The quantitative estimate of drug-likeness (QED) is 0.0297. The largest absolute Gasteiger partial charge is 0.490 e. The van der Waals surface area contributed by atoms with Gasteiger partial charge in [-0.25, -0.2) is 0 Å². The van der Waals surface area contributed by atoms with Gasteiger partial charge in [-0.3, -0.25) is 0 Å². The van der Waals surface area contributed by atoms with Crippen LogP contribution in [0.1, 0.15) is 196 Å². The van der Waals surface area contributed by atoms with E-state index in [0.29, 0.717) is 56.9 Å². The monoisotopic (exact) mass is 1040 g/mol. The summed E-state index contributed by atoms with van der Waals surface area (Å²) in [5.74, 6) is 4.39. The van der Waals surface area contributed by atoms with Gasteiger partial charge in [0.2, 0.25) is 0 Å². The summed E-state index contributed by atoms with van der Waals surface area (Å²) >= 11 is 0. The summed E-state index contributed by atoms with van der Waals surface area (Å²) in [6.07, 6.45) is 32.7. The van der Waals surface area contributed by atoms with Crippen molar-refractivity contribution in [2.45, 2.75) is 214 Å². The van der Waals surface area contributed by atoms with E-state index in [9.17, 15) is 0 Å². The zero-order chi connectivity index (χ0) is 53.7. The van der Waals surface area contributed by atoms with Crippen LogP contribution in [0.3, 0.4) is 0 Å². The fourth-order valence-corrected chi connectivity index (χ4v) is 8.95. The lowest BCUT2D eigenvalue weighted by molar-refractivity contribution is 0.259. The van der Waals surface area contributed by atoms with Crippen molar-refractivity contribution < 1.29 is 28.4 Å². The number of rotatable bonds is 42. The van der Waals surface area contributed by atoms with Crippen LogP contribution < -0.4 is 61.6 Å². The van der Waals surface area contributed by atoms with Crippen molar-refractivity contribution in [3.05, 3.63) is 89.9 Å². The van der Waals surface area contributed by atoms with E-state index in [1.54, 1.807) is 0 Å². The molecule has 0 aliphatic heterocycles. The van der Waals surface area contributed by atoms with Gasteiger partial charge in [0, 0.05) is 53.9 Å². The van der Waals surface area contributed by atoms with Crippen molar-refractivity contribution >= 4 is 17.1 Å². The fraction of sp³-hybridized carbons (Fsp3) is 0.619. The molecule has 1 fully saturated rings. The van der Waals surface area contributed by atoms with Crippen LogP contribution in [0.4, 0.5) is 17.1 Å². The van der Waals surface area contributed by atoms with Crippen molar-refractivity contribution in [2.24, 2.45) is 17.2 Å². The minimum atomic E-state index is -0.617. The van der Waals surface area contributed by atoms with E-state index in [2.05, 4.69) is 57.5 Å². The molecule has 0 unspecified atom stereocenters. The normalized spacial score (nSPS) is 15.3. The molecule has 0 amide bonds. The molecule has 0 saturated heterocycles. The number of unbranched alkanes of at least 4 members (excludes halogenated alkanes) is 18. The van der Waals surface area contributed by atoms with Crippen molar-refractivity contribution in [1.82, 2.24) is 0 Å². The van der Waals surface area contributed by atoms with Crippen molar-refractivity contribution in [2.75, 3.05) is 55.6 Å². The minimum absolute atomic E-state index is 0.617. The molecule has 12 nitrogen and oxygen atoms in total. The Kier molecular flexibility index (Phi) is 32.1. The number of hydrogen-bond acceptors (Lipinski definition) is 12. The Morgan fingerprint density at radius 1 is 0.307 bits per heavy atom. The summed E-state index contributed by atoms with van der Waals surface area (Å²) in [7, 11) is 0. The molecule has 1 aliphatic carbocycles. The molecule has 75 heavy (non-hydrogen) atoms. The van der Waals surface area contributed by atoms with E-state index in [1.807, 2.05) is 73.2 Å². The van der Waals surface area contributed by atoms with E-state index in [0.717, 1.165) is 128 Å². The second-order valence-corrected chi connectivity index (χ2v) is 20.2. The highest BCUT2D eigenvalue weighted by Gasteiger charge is 2.36. The molecule has 4 rings (SSSR count). The third-order valence-corrected chi connectivity index (χ3v) is 13.7. The van der Waals surface area contributed by atoms with Gasteiger partial charge in [0.25, 0.3) is 0 Å². The summed E-state index contributed by atoms with van der Waals surface area (Å²) in [6.45, 7) is 17.1. The van der Waals surface area contributed by atoms with Gasteiger partial charge in [-0.15, -0.1) is 0 Å². The zero-order valence-electron chi connectivity index (χ0n) is 47.6. The number of ether oxygens (including phenoxy) is 6. The van der Waals surface area contributed by atoms with E-state index in [4.69, 9.17) is 45.6 Å². The van der Waals surface area contributed by atoms with E-state index < -0.39 is 18.1 Å². The molecule has 0 aromatic heterocycles. The molecule has 3 aromatic carbocycles. The number of nitrogens with two attached hydrogens (primary N) is 3. The van der Waals surface area contributed by atoms with Gasteiger partial charge in [0.15, 0.2) is 34.5 Å². The van der Waals surface area contributed by atoms with Crippen LogP contribution in [0, 0.1) is 0 Å². The molecule has 1 saturated carbocycles. The first-order valence-corrected chi connectivity index (χ1v) is 29.6. The molecular formula is C63H102N6O6. The van der Waals surface area contributed by atoms with Crippen molar-refractivity contribution in [3.8, 4) is 34.5 Å². The van der Waals surface area contributed by atoms with Gasteiger partial charge in [0.1, 0.15) is 0 Å². The summed E-state index contributed by atoms with van der Waals surface area (Å²) < 4.78 is 38.0. The van der Waals surface area contributed by atoms with Crippen LogP contribution in [0.15, 0.2) is 89.9 Å². The Bertz CT molecular complexity index is 1840. The average molecular weight is 1040 g/mol. The molecule has 1 aliphatic rings. The average Bonchev–Trinajstić information content (AvgIpc) is 3.41. The van der Waals surface area contributed by atoms with Gasteiger partial charge in [-0.2, -0.15) is 0 Å². The molecule has 12 heteroatoms. The zero-order valence-corrected chi connectivity index (χ0v) is 47.6. The van der Waals surface area contributed by atoms with Crippen molar-refractivity contribution in [1.29, 1.82) is 0 Å². The molecule has 3 aromatic rings. The second kappa shape index (κ2) is 38.5. The Balaban J connectivity index is 1.69. The van der Waals surface area contributed by atoms with Gasteiger partial charge >= 0.3 is 0 Å². The predicted molar refractivity (Wildman–Crippen MR) is 316 cm³/mol. The van der Waals surface area contributed by atoms with Crippen LogP contribution >= 0.6 is 0 Å². The Labute approximate surface area is 454 Å². The number of hydrogen-bond donors (Lipinski definition) is 6. The first-order chi connectivity index (χ1) is 36.8. The third kappa shape index (κ3) is 23.4. The lowest BCUT2D eigenvalue weighted by Gasteiger charge is -2.37. The van der Waals surface area contributed by atoms with Crippen LogP contribution in [-0.4, -0.2) is 57.8 Å². The van der Waals surface area contributed by atoms with Gasteiger partial charge in [-0.1, -0.05) is 157 Å². The highest BCUT2D eigenvalue weighted by molar-refractivity contribution is 5.62. The molecule has 0 bridgehead atoms. The van der Waals surface area contributed by atoms with Crippen LogP contribution in [0.2, 0.25) is 0 Å². The fourth-order valence-electron chi connectivity index (χ4n) is 8.95. The maximum Gasteiger partial charge on any atom is 0.163 e. The highest BCUT2D eigenvalue weighted by Crippen LogP contribution is 2.36. The third-order valence-electron chi connectivity index (χ3n) is 13.7. The molecule has 420 valence electrons. The molecule has 0 atom stereocenters. The summed E-state index contributed by atoms with van der Waals surface area (Å²) in [4.78, 5) is 0. The number of anilines is 3. The lowest BCUT2D eigenvalue weighted by atomic mass is 9.77. The van der Waals surface area contributed by atoms with Gasteiger partial charge in [0.05, 0.1) is 57.8 Å².